The summed E-state index contributed by atoms with van der Waals surface area (Å²) >= 11 is 9.89. The lowest BCUT2D eigenvalue weighted by molar-refractivity contribution is 0.233. The number of halogens is 2. The van der Waals surface area contributed by atoms with Crippen LogP contribution in [0.2, 0.25) is 5.02 Å². The van der Waals surface area contributed by atoms with E-state index in [4.69, 9.17) is 16.3 Å². The second-order valence-electron chi connectivity index (χ2n) is 6.21. The van der Waals surface area contributed by atoms with Crippen molar-refractivity contribution in [1.82, 2.24) is 10.2 Å². The molecule has 1 aliphatic heterocycles. The van der Waals surface area contributed by atoms with E-state index in [1.54, 1.807) is 0 Å². The van der Waals surface area contributed by atoms with Crippen molar-refractivity contribution >= 4 is 27.5 Å². The highest BCUT2D eigenvalue weighted by atomic mass is 79.9. The van der Waals surface area contributed by atoms with Crippen molar-refractivity contribution in [2.45, 2.75) is 19.4 Å². The van der Waals surface area contributed by atoms with Crippen LogP contribution in [0.1, 0.15) is 30.5 Å². The molecule has 0 aliphatic carbocycles. The quantitative estimate of drug-likeness (QED) is 0.741. The van der Waals surface area contributed by atoms with Crippen LogP contribution in [0.15, 0.2) is 46.9 Å². The van der Waals surface area contributed by atoms with E-state index in [-0.39, 0.29) is 6.04 Å². The molecule has 0 amide bonds. The first-order chi connectivity index (χ1) is 12.2. The Morgan fingerprint density at radius 1 is 1.16 bits per heavy atom. The van der Waals surface area contributed by atoms with E-state index in [1.165, 1.54) is 5.56 Å². The smallest absolute Gasteiger partial charge is 0.124 e. The lowest BCUT2D eigenvalue weighted by Crippen LogP contribution is -2.33. The summed E-state index contributed by atoms with van der Waals surface area (Å²) in [6.45, 7) is 6.77. The van der Waals surface area contributed by atoms with E-state index in [9.17, 15) is 0 Å². The summed E-state index contributed by atoms with van der Waals surface area (Å²) in [6.07, 6.45) is 1.14. The van der Waals surface area contributed by atoms with Crippen LogP contribution in [0.5, 0.6) is 5.75 Å². The van der Waals surface area contributed by atoms with Gasteiger partial charge in [-0.3, -0.25) is 4.90 Å². The number of hydrogen-bond acceptors (Lipinski definition) is 3. The van der Waals surface area contributed by atoms with E-state index in [0.29, 0.717) is 6.61 Å². The van der Waals surface area contributed by atoms with E-state index in [1.807, 2.05) is 19.1 Å². The molecular formula is C20H24BrClN2O. The molecule has 0 saturated carbocycles. The molecule has 1 atom stereocenters. The van der Waals surface area contributed by atoms with E-state index in [0.717, 1.165) is 53.4 Å². The highest BCUT2D eigenvalue weighted by Crippen LogP contribution is 2.37. The Morgan fingerprint density at radius 2 is 1.96 bits per heavy atom. The van der Waals surface area contributed by atoms with Gasteiger partial charge in [0.2, 0.25) is 0 Å². The van der Waals surface area contributed by atoms with Crippen molar-refractivity contribution < 1.29 is 4.74 Å². The second-order valence-corrected chi connectivity index (χ2v) is 7.56. The molecule has 0 bridgehead atoms. The third-order valence-electron chi connectivity index (χ3n) is 4.49. The zero-order valence-electron chi connectivity index (χ0n) is 14.5. The van der Waals surface area contributed by atoms with Crippen LogP contribution in [0.25, 0.3) is 0 Å². The number of ether oxygens (including phenoxy) is 1. The summed E-state index contributed by atoms with van der Waals surface area (Å²) in [7, 11) is 0. The average Bonchev–Trinajstić information content (AvgIpc) is 2.89. The molecule has 0 aromatic heterocycles. The van der Waals surface area contributed by atoms with Crippen LogP contribution in [0.3, 0.4) is 0 Å². The lowest BCUT2D eigenvalue weighted by atomic mass is 9.96. The molecule has 1 fully saturated rings. The molecule has 5 heteroatoms. The standard InChI is InChI=1S/C20H24BrClN2O/c1-2-25-19-9-8-17(22)14-18(19)20(15-4-6-16(21)7-5-15)24-12-3-10-23-11-13-24/h4-9,14,20,23H,2-3,10-13H2,1H3. The van der Waals surface area contributed by atoms with Crippen molar-refractivity contribution in [3.8, 4) is 5.75 Å². The van der Waals surface area contributed by atoms with Crippen LogP contribution in [-0.4, -0.2) is 37.7 Å². The Morgan fingerprint density at radius 3 is 2.72 bits per heavy atom. The maximum atomic E-state index is 6.35. The highest BCUT2D eigenvalue weighted by Gasteiger charge is 2.26. The van der Waals surface area contributed by atoms with E-state index < -0.39 is 0 Å². The minimum absolute atomic E-state index is 0.133. The molecule has 25 heavy (non-hydrogen) atoms. The molecule has 2 aromatic carbocycles. The van der Waals surface area contributed by atoms with Gasteiger partial charge in [-0.25, -0.2) is 0 Å². The van der Waals surface area contributed by atoms with Gasteiger partial charge in [-0.05, 0) is 55.8 Å². The van der Waals surface area contributed by atoms with Crippen molar-refractivity contribution in [2.75, 3.05) is 32.8 Å². The fourth-order valence-electron chi connectivity index (χ4n) is 3.38. The third kappa shape index (κ3) is 4.76. The highest BCUT2D eigenvalue weighted by molar-refractivity contribution is 9.10. The summed E-state index contributed by atoms with van der Waals surface area (Å²) in [5.74, 6) is 0.914. The maximum Gasteiger partial charge on any atom is 0.124 e. The number of rotatable bonds is 5. The van der Waals surface area contributed by atoms with Crippen LogP contribution < -0.4 is 10.1 Å². The van der Waals surface area contributed by atoms with Gasteiger partial charge < -0.3 is 10.1 Å². The summed E-state index contributed by atoms with van der Waals surface area (Å²) < 4.78 is 7.02. The number of benzene rings is 2. The van der Waals surface area contributed by atoms with Gasteiger partial charge in [0.1, 0.15) is 5.75 Å². The van der Waals surface area contributed by atoms with Crippen molar-refractivity contribution in [1.29, 1.82) is 0 Å². The summed E-state index contributed by atoms with van der Waals surface area (Å²) in [6, 6.07) is 14.6. The van der Waals surface area contributed by atoms with E-state index >= 15 is 0 Å². The van der Waals surface area contributed by atoms with Crippen molar-refractivity contribution in [3.63, 3.8) is 0 Å². The third-order valence-corrected chi connectivity index (χ3v) is 5.26. The van der Waals surface area contributed by atoms with Crippen LogP contribution >= 0.6 is 27.5 Å². The summed E-state index contributed by atoms with van der Waals surface area (Å²) in [5, 5.41) is 4.23. The molecule has 1 aliphatic rings. The Labute approximate surface area is 163 Å². The summed E-state index contributed by atoms with van der Waals surface area (Å²) in [4.78, 5) is 2.53. The van der Waals surface area contributed by atoms with Gasteiger partial charge in [0, 0.05) is 34.7 Å². The molecular weight excluding hydrogens is 400 g/mol. The van der Waals surface area contributed by atoms with Gasteiger partial charge in [0.15, 0.2) is 0 Å². The predicted molar refractivity (Wildman–Crippen MR) is 108 cm³/mol. The Balaban J connectivity index is 2.06. The monoisotopic (exact) mass is 422 g/mol. The molecule has 1 N–H and O–H groups in total. The summed E-state index contributed by atoms with van der Waals surface area (Å²) in [5.41, 5.74) is 2.40. The molecule has 1 heterocycles. The minimum Gasteiger partial charge on any atom is -0.494 e. The van der Waals surface area contributed by atoms with Gasteiger partial charge in [0.05, 0.1) is 12.6 Å². The number of nitrogens with one attached hydrogen (secondary N) is 1. The van der Waals surface area contributed by atoms with Crippen molar-refractivity contribution in [3.05, 3.63) is 63.1 Å². The van der Waals surface area contributed by atoms with E-state index in [2.05, 4.69) is 56.5 Å². The SMILES string of the molecule is CCOc1ccc(Cl)cc1C(c1ccc(Br)cc1)N1CCCNCC1. The Kier molecular flexibility index (Phi) is 6.77. The Bertz CT molecular complexity index is 685. The van der Waals surface area contributed by atoms with Crippen LogP contribution in [-0.2, 0) is 0 Å². The minimum atomic E-state index is 0.133. The second kappa shape index (κ2) is 9.04. The molecule has 1 unspecified atom stereocenters. The van der Waals surface area contributed by atoms with Gasteiger partial charge in [0.25, 0.3) is 0 Å². The van der Waals surface area contributed by atoms with Gasteiger partial charge in [-0.1, -0.05) is 39.7 Å². The molecule has 0 spiro atoms. The topological polar surface area (TPSA) is 24.5 Å². The number of hydrogen-bond donors (Lipinski definition) is 1. The predicted octanol–water partition coefficient (Wildman–Crippen LogP) is 4.89. The van der Waals surface area contributed by atoms with Gasteiger partial charge >= 0.3 is 0 Å². The fraction of sp³-hybridized carbons (Fsp3) is 0.400. The van der Waals surface area contributed by atoms with Gasteiger partial charge in [-0.15, -0.1) is 0 Å². The largest absolute Gasteiger partial charge is 0.494 e. The lowest BCUT2D eigenvalue weighted by Gasteiger charge is -2.32. The Hall–Kier alpha value is -1.07. The average molecular weight is 424 g/mol. The molecule has 2 aromatic rings. The van der Waals surface area contributed by atoms with Crippen LogP contribution in [0.4, 0.5) is 0 Å². The van der Waals surface area contributed by atoms with Gasteiger partial charge in [-0.2, -0.15) is 0 Å². The fourth-order valence-corrected chi connectivity index (χ4v) is 3.82. The first-order valence-electron chi connectivity index (χ1n) is 8.81. The molecule has 1 saturated heterocycles. The molecule has 3 rings (SSSR count). The molecule has 0 radical (unpaired) electrons. The molecule has 3 nitrogen and oxygen atoms in total. The van der Waals surface area contributed by atoms with Crippen LogP contribution in [0, 0.1) is 0 Å². The normalized spacial score (nSPS) is 17.1. The first kappa shape index (κ1) is 18.7. The zero-order valence-corrected chi connectivity index (χ0v) is 16.8. The van der Waals surface area contributed by atoms with Crippen molar-refractivity contribution in [2.24, 2.45) is 0 Å². The number of nitrogens with zero attached hydrogens (tertiary/aromatic N) is 1. The zero-order chi connectivity index (χ0) is 17.6. The first-order valence-corrected chi connectivity index (χ1v) is 9.98. The molecule has 134 valence electrons. The maximum absolute atomic E-state index is 6.35.